The highest BCUT2D eigenvalue weighted by Crippen LogP contribution is 2.18. The minimum atomic E-state index is 0.180. The van der Waals surface area contributed by atoms with Gasteiger partial charge in [0.2, 0.25) is 5.91 Å². The summed E-state index contributed by atoms with van der Waals surface area (Å²) in [6.45, 7) is 5.77. The van der Waals surface area contributed by atoms with Crippen molar-refractivity contribution in [3.8, 4) is 0 Å². The molecule has 18 heavy (non-hydrogen) atoms. The number of nitrogens with zero attached hydrogens (tertiary/aromatic N) is 1. The lowest BCUT2D eigenvalue weighted by molar-refractivity contribution is -0.129. The Bertz CT molecular complexity index is 442. The highest BCUT2D eigenvalue weighted by atomic mass is 16.3. The predicted octanol–water partition coefficient (Wildman–Crippen LogP) is 1.69. The number of hydrogen-bond acceptors (Lipinski definition) is 2. The summed E-state index contributed by atoms with van der Waals surface area (Å²) in [6.07, 6.45) is 1.40. The first-order chi connectivity index (χ1) is 8.60. The summed E-state index contributed by atoms with van der Waals surface area (Å²) in [7, 11) is 0. The van der Waals surface area contributed by atoms with Gasteiger partial charge in [-0.05, 0) is 31.4 Å². The standard InChI is InChI=1S/C15H21NO2/c1-11-3-4-12(2)14(7-11)8-15(18)16-6-5-13(9-16)10-17/h3-4,7,13,17H,5-6,8-10H2,1-2H3. The second kappa shape index (κ2) is 5.53. The quantitative estimate of drug-likeness (QED) is 0.883. The molecule has 1 aliphatic heterocycles. The first-order valence-electron chi connectivity index (χ1n) is 6.55. The third kappa shape index (κ3) is 2.91. The number of hydrogen-bond donors (Lipinski definition) is 1. The zero-order valence-corrected chi connectivity index (χ0v) is 11.1. The van der Waals surface area contributed by atoms with Crippen LogP contribution in [0.5, 0.6) is 0 Å². The fourth-order valence-electron chi connectivity index (χ4n) is 2.47. The van der Waals surface area contributed by atoms with Crippen molar-refractivity contribution in [2.75, 3.05) is 19.7 Å². The molecule has 1 aromatic rings. The van der Waals surface area contributed by atoms with Gasteiger partial charge in [0.15, 0.2) is 0 Å². The molecule has 1 saturated heterocycles. The molecule has 1 unspecified atom stereocenters. The van der Waals surface area contributed by atoms with Crippen LogP contribution < -0.4 is 0 Å². The minimum absolute atomic E-state index is 0.180. The van der Waals surface area contributed by atoms with E-state index >= 15 is 0 Å². The molecule has 1 fully saturated rings. The predicted molar refractivity (Wildman–Crippen MR) is 71.4 cm³/mol. The average molecular weight is 247 g/mol. The van der Waals surface area contributed by atoms with Gasteiger partial charge in [-0.25, -0.2) is 0 Å². The third-order valence-electron chi connectivity index (χ3n) is 3.74. The van der Waals surface area contributed by atoms with Crippen LogP contribution in [0.2, 0.25) is 0 Å². The van der Waals surface area contributed by atoms with Gasteiger partial charge in [-0.15, -0.1) is 0 Å². The first kappa shape index (κ1) is 13.1. The van der Waals surface area contributed by atoms with Gasteiger partial charge >= 0.3 is 0 Å². The molecular formula is C15H21NO2. The number of likely N-dealkylation sites (tertiary alicyclic amines) is 1. The number of aryl methyl sites for hydroxylation is 2. The van der Waals surface area contributed by atoms with Gasteiger partial charge in [-0.2, -0.15) is 0 Å². The van der Waals surface area contributed by atoms with Crippen molar-refractivity contribution in [1.82, 2.24) is 4.90 Å². The molecule has 0 bridgehead atoms. The summed E-state index contributed by atoms with van der Waals surface area (Å²) >= 11 is 0. The third-order valence-corrected chi connectivity index (χ3v) is 3.74. The summed E-state index contributed by atoms with van der Waals surface area (Å²) in [5.41, 5.74) is 3.48. The monoisotopic (exact) mass is 247 g/mol. The van der Waals surface area contributed by atoms with Crippen molar-refractivity contribution in [1.29, 1.82) is 0 Å². The molecule has 98 valence electrons. The highest BCUT2D eigenvalue weighted by Gasteiger charge is 2.25. The van der Waals surface area contributed by atoms with Crippen molar-refractivity contribution in [2.45, 2.75) is 26.7 Å². The molecule has 1 aromatic carbocycles. The molecule has 1 amide bonds. The van der Waals surface area contributed by atoms with Gasteiger partial charge in [0.05, 0.1) is 6.42 Å². The molecule has 0 saturated carbocycles. The average Bonchev–Trinajstić information content (AvgIpc) is 2.82. The Morgan fingerprint density at radius 3 is 2.89 bits per heavy atom. The maximum absolute atomic E-state index is 12.2. The van der Waals surface area contributed by atoms with Gasteiger partial charge in [0.1, 0.15) is 0 Å². The van der Waals surface area contributed by atoms with Crippen LogP contribution in [0.1, 0.15) is 23.1 Å². The van der Waals surface area contributed by atoms with Crippen LogP contribution in [0.4, 0.5) is 0 Å². The van der Waals surface area contributed by atoms with E-state index in [9.17, 15) is 4.79 Å². The second-order valence-electron chi connectivity index (χ2n) is 5.28. The lowest BCUT2D eigenvalue weighted by Gasteiger charge is -2.17. The summed E-state index contributed by atoms with van der Waals surface area (Å²) in [5, 5.41) is 9.10. The Balaban J connectivity index is 2.01. The van der Waals surface area contributed by atoms with E-state index in [1.807, 2.05) is 18.7 Å². The van der Waals surface area contributed by atoms with Crippen molar-refractivity contribution in [2.24, 2.45) is 5.92 Å². The zero-order valence-electron chi connectivity index (χ0n) is 11.1. The Morgan fingerprint density at radius 2 is 2.22 bits per heavy atom. The molecule has 0 radical (unpaired) electrons. The molecule has 0 spiro atoms. The summed E-state index contributed by atoms with van der Waals surface area (Å²) in [4.78, 5) is 14.1. The lowest BCUT2D eigenvalue weighted by atomic mass is 10.0. The van der Waals surface area contributed by atoms with Crippen molar-refractivity contribution in [3.05, 3.63) is 34.9 Å². The molecule has 3 heteroatoms. The van der Waals surface area contributed by atoms with Crippen LogP contribution in [0.15, 0.2) is 18.2 Å². The molecule has 3 nitrogen and oxygen atoms in total. The second-order valence-corrected chi connectivity index (χ2v) is 5.28. The van der Waals surface area contributed by atoms with E-state index in [1.54, 1.807) is 0 Å². The van der Waals surface area contributed by atoms with Crippen LogP contribution in [0.25, 0.3) is 0 Å². The number of aliphatic hydroxyl groups is 1. The van der Waals surface area contributed by atoms with Crippen LogP contribution in [-0.2, 0) is 11.2 Å². The van der Waals surface area contributed by atoms with Crippen molar-refractivity contribution in [3.63, 3.8) is 0 Å². The maximum atomic E-state index is 12.2. The maximum Gasteiger partial charge on any atom is 0.227 e. The minimum Gasteiger partial charge on any atom is -0.396 e. The van der Waals surface area contributed by atoms with E-state index in [4.69, 9.17) is 5.11 Å². The number of benzene rings is 1. The number of rotatable bonds is 3. The largest absolute Gasteiger partial charge is 0.396 e. The number of carbonyl (C=O) groups excluding carboxylic acids is 1. The van der Waals surface area contributed by atoms with Crippen LogP contribution in [0, 0.1) is 19.8 Å². The SMILES string of the molecule is Cc1ccc(C)c(CC(=O)N2CCC(CO)C2)c1. The molecule has 0 aliphatic carbocycles. The smallest absolute Gasteiger partial charge is 0.227 e. The molecule has 1 aliphatic rings. The molecule has 1 atom stereocenters. The summed E-state index contributed by atoms with van der Waals surface area (Å²) in [5.74, 6) is 0.451. The summed E-state index contributed by atoms with van der Waals surface area (Å²) < 4.78 is 0. The Hall–Kier alpha value is -1.35. The highest BCUT2D eigenvalue weighted by molar-refractivity contribution is 5.79. The molecule has 2 rings (SSSR count). The Labute approximate surface area is 108 Å². The normalized spacial score (nSPS) is 19.3. The molecule has 0 aromatic heterocycles. The van der Waals surface area contributed by atoms with E-state index in [0.29, 0.717) is 13.0 Å². The topological polar surface area (TPSA) is 40.5 Å². The van der Waals surface area contributed by atoms with E-state index in [1.165, 1.54) is 11.1 Å². The fourth-order valence-corrected chi connectivity index (χ4v) is 2.47. The van der Waals surface area contributed by atoms with Gasteiger partial charge < -0.3 is 10.0 Å². The molecular weight excluding hydrogens is 226 g/mol. The number of carbonyl (C=O) groups is 1. The van der Waals surface area contributed by atoms with Gasteiger partial charge in [0, 0.05) is 25.6 Å². The molecule has 1 N–H and O–H groups in total. The van der Waals surface area contributed by atoms with E-state index in [0.717, 1.165) is 18.5 Å². The van der Waals surface area contributed by atoms with Crippen LogP contribution >= 0.6 is 0 Å². The zero-order chi connectivity index (χ0) is 13.1. The van der Waals surface area contributed by atoms with Crippen molar-refractivity contribution < 1.29 is 9.90 Å². The van der Waals surface area contributed by atoms with Gasteiger partial charge in [-0.3, -0.25) is 4.79 Å². The van der Waals surface area contributed by atoms with E-state index < -0.39 is 0 Å². The van der Waals surface area contributed by atoms with Gasteiger partial charge in [-0.1, -0.05) is 23.8 Å². The van der Waals surface area contributed by atoms with Crippen LogP contribution in [0.3, 0.4) is 0 Å². The van der Waals surface area contributed by atoms with Crippen molar-refractivity contribution >= 4 is 5.91 Å². The van der Waals surface area contributed by atoms with E-state index in [2.05, 4.69) is 18.2 Å². The Kier molecular flexibility index (Phi) is 4.02. The fraction of sp³-hybridized carbons (Fsp3) is 0.533. The van der Waals surface area contributed by atoms with Gasteiger partial charge in [0.25, 0.3) is 0 Å². The Morgan fingerprint density at radius 1 is 1.44 bits per heavy atom. The summed E-state index contributed by atoms with van der Waals surface area (Å²) in [6, 6.07) is 6.23. The number of amides is 1. The lowest BCUT2D eigenvalue weighted by Crippen LogP contribution is -2.30. The van der Waals surface area contributed by atoms with Crippen LogP contribution in [-0.4, -0.2) is 35.6 Å². The number of aliphatic hydroxyl groups excluding tert-OH is 1. The molecule has 1 heterocycles. The van der Waals surface area contributed by atoms with E-state index in [-0.39, 0.29) is 18.4 Å². The first-order valence-corrected chi connectivity index (χ1v) is 6.55.